The van der Waals surface area contributed by atoms with Crippen molar-refractivity contribution in [3.63, 3.8) is 0 Å². The van der Waals surface area contributed by atoms with E-state index in [1.807, 2.05) is 31.9 Å². The first kappa shape index (κ1) is 21.0. The quantitative estimate of drug-likeness (QED) is 0.713. The molecule has 28 heavy (non-hydrogen) atoms. The molecule has 5 heteroatoms. The number of pyridine rings is 1. The second-order valence-corrected chi connectivity index (χ2v) is 8.72. The van der Waals surface area contributed by atoms with E-state index < -0.39 is 0 Å². The van der Waals surface area contributed by atoms with Gasteiger partial charge >= 0.3 is 0 Å². The molecule has 0 aliphatic carbocycles. The van der Waals surface area contributed by atoms with Crippen LogP contribution in [-0.2, 0) is 0 Å². The Morgan fingerprint density at radius 2 is 1.79 bits per heavy atom. The Labute approximate surface area is 173 Å². The van der Waals surface area contributed by atoms with Gasteiger partial charge in [-0.2, -0.15) is 0 Å². The van der Waals surface area contributed by atoms with Crippen molar-refractivity contribution in [2.75, 3.05) is 33.2 Å². The number of nitrogens with zero attached hydrogens (tertiary/aromatic N) is 3. The number of rotatable bonds is 3. The molecule has 2 aromatic heterocycles. The first-order valence-electron chi connectivity index (χ1n) is 10.7. The van der Waals surface area contributed by atoms with Gasteiger partial charge in [0.25, 0.3) is 5.91 Å². The summed E-state index contributed by atoms with van der Waals surface area (Å²) in [6, 6.07) is 6.50. The standard InChI is InChI=1S/C21H27N3OS.C2H6/c1-15-13-19(26-20(15)21(25)24-9-3-4-10-24)17-5-6-18(22-14-17)16-7-11-23(2)12-8-16;1-2/h5-6,13-14,16H,3-4,7-12H2,1-2H3;1-2H3. The molecule has 4 rings (SSSR count). The molecule has 2 aliphatic rings. The summed E-state index contributed by atoms with van der Waals surface area (Å²) in [6.07, 6.45) is 6.63. The number of likely N-dealkylation sites (tertiary alicyclic amines) is 2. The molecule has 0 atom stereocenters. The molecule has 1 amide bonds. The fourth-order valence-electron chi connectivity index (χ4n) is 4.00. The number of aryl methyl sites for hydroxylation is 1. The van der Waals surface area contributed by atoms with Gasteiger partial charge in [-0.05, 0) is 70.4 Å². The minimum Gasteiger partial charge on any atom is -0.338 e. The van der Waals surface area contributed by atoms with Crippen LogP contribution in [0.5, 0.6) is 0 Å². The van der Waals surface area contributed by atoms with Gasteiger partial charge in [0.2, 0.25) is 0 Å². The summed E-state index contributed by atoms with van der Waals surface area (Å²) in [5.74, 6) is 0.782. The van der Waals surface area contributed by atoms with Crippen LogP contribution in [-0.4, -0.2) is 53.9 Å². The SMILES string of the molecule is CC.Cc1cc(-c2ccc(C3CCN(C)CC3)nc2)sc1C(=O)N1CCCC1. The lowest BCUT2D eigenvalue weighted by atomic mass is 9.93. The molecule has 0 radical (unpaired) electrons. The minimum atomic E-state index is 0.201. The molecule has 0 spiro atoms. The molecule has 0 unspecified atom stereocenters. The molecule has 0 N–H and O–H groups in total. The zero-order chi connectivity index (χ0) is 20.1. The molecule has 2 aliphatic heterocycles. The molecule has 0 saturated carbocycles. The summed E-state index contributed by atoms with van der Waals surface area (Å²) < 4.78 is 0. The Balaban J connectivity index is 0.00000109. The molecule has 2 saturated heterocycles. The summed E-state index contributed by atoms with van der Waals surface area (Å²) >= 11 is 1.61. The summed E-state index contributed by atoms with van der Waals surface area (Å²) in [6.45, 7) is 10.2. The van der Waals surface area contributed by atoms with Gasteiger partial charge in [0.05, 0.1) is 4.88 Å². The van der Waals surface area contributed by atoms with E-state index >= 15 is 0 Å². The van der Waals surface area contributed by atoms with Crippen molar-refractivity contribution in [3.8, 4) is 10.4 Å². The highest BCUT2D eigenvalue weighted by Crippen LogP contribution is 2.33. The van der Waals surface area contributed by atoms with Crippen molar-refractivity contribution >= 4 is 17.2 Å². The Morgan fingerprint density at radius 1 is 1.11 bits per heavy atom. The number of aromatic nitrogens is 1. The molecule has 0 bridgehead atoms. The monoisotopic (exact) mass is 399 g/mol. The van der Waals surface area contributed by atoms with Crippen LogP contribution in [0.2, 0.25) is 0 Å². The maximum absolute atomic E-state index is 12.7. The van der Waals surface area contributed by atoms with Gasteiger partial charge in [-0.3, -0.25) is 9.78 Å². The van der Waals surface area contributed by atoms with Crippen LogP contribution in [0.1, 0.15) is 66.4 Å². The Morgan fingerprint density at radius 3 is 2.39 bits per heavy atom. The number of carbonyl (C=O) groups excluding carboxylic acids is 1. The zero-order valence-electron chi connectivity index (χ0n) is 17.7. The fraction of sp³-hybridized carbons (Fsp3) is 0.565. The van der Waals surface area contributed by atoms with Crippen molar-refractivity contribution in [3.05, 3.63) is 40.5 Å². The van der Waals surface area contributed by atoms with Gasteiger partial charge < -0.3 is 9.80 Å². The molecule has 4 nitrogen and oxygen atoms in total. The van der Waals surface area contributed by atoms with E-state index in [-0.39, 0.29) is 5.91 Å². The van der Waals surface area contributed by atoms with Gasteiger partial charge in [-0.25, -0.2) is 0 Å². The van der Waals surface area contributed by atoms with E-state index in [1.165, 1.54) is 18.5 Å². The van der Waals surface area contributed by atoms with E-state index in [0.29, 0.717) is 5.92 Å². The number of hydrogen-bond donors (Lipinski definition) is 0. The van der Waals surface area contributed by atoms with Crippen molar-refractivity contribution in [2.24, 2.45) is 0 Å². The maximum Gasteiger partial charge on any atom is 0.264 e. The smallest absolute Gasteiger partial charge is 0.264 e. The highest BCUT2D eigenvalue weighted by atomic mass is 32.1. The number of hydrogen-bond acceptors (Lipinski definition) is 4. The lowest BCUT2D eigenvalue weighted by Gasteiger charge is -2.28. The molecular weight excluding hydrogens is 366 g/mol. The van der Waals surface area contributed by atoms with E-state index in [0.717, 1.165) is 59.9 Å². The molecule has 0 aromatic carbocycles. The van der Waals surface area contributed by atoms with Gasteiger partial charge in [0, 0.05) is 41.3 Å². The summed E-state index contributed by atoms with van der Waals surface area (Å²) in [7, 11) is 2.19. The molecule has 2 fully saturated rings. The lowest BCUT2D eigenvalue weighted by molar-refractivity contribution is 0.0797. The van der Waals surface area contributed by atoms with Crippen LogP contribution in [0.4, 0.5) is 0 Å². The predicted octanol–water partition coefficient (Wildman–Crippen LogP) is 5.19. The van der Waals surface area contributed by atoms with Crippen molar-refractivity contribution in [1.29, 1.82) is 0 Å². The van der Waals surface area contributed by atoms with Crippen molar-refractivity contribution < 1.29 is 4.79 Å². The third kappa shape index (κ3) is 4.64. The Bertz CT molecular complexity index is 770. The number of piperidine rings is 1. The average molecular weight is 400 g/mol. The molecule has 4 heterocycles. The normalized spacial score (nSPS) is 18.1. The minimum absolute atomic E-state index is 0.201. The predicted molar refractivity (Wildman–Crippen MR) is 118 cm³/mol. The average Bonchev–Trinajstić information content (AvgIpc) is 3.40. The van der Waals surface area contributed by atoms with Crippen LogP contribution in [0, 0.1) is 6.92 Å². The van der Waals surface area contributed by atoms with Gasteiger partial charge in [0.15, 0.2) is 0 Å². The van der Waals surface area contributed by atoms with Gasteiger partial charge in [-0.15, -0.1) is 11.3 Å². The highest BCUT2D eigenvalue weighted by Gasteiger charge is 2.24. The second kappa shape index (κ2) is 9.66. The van der Waals surface area contributed by atoms with E-state index in [1.54, 1.807) is 11.3 Å². The molecule has 152 valence electrons. The van der Waals surface area contributed by atoms with Crippen molar-refractivity contribution in [1.82, 2.24) is 14.8 Å². The maximum atomic E-state index is 12.7. The van der Waals surface area contributed by atoms with Crippen LogP contribution in [0.15, 0.2) is 24.4 Å². The highest BCUT2D eigenvalue weighted by molar-refractivity contribution is 7.17. The van der Waals surface area contributed by atoms with E-state index in [9.17, 15) is 4.79 Å². The first-order chi connectivity index (χ1) is 13.6. The topological polar surface area (TPSA) is 36.4 Å². The zero-order valence-corrected chi connectivity index (χ0v) is 18.5. The third-order valence-corrected chi connectivity index (χ3v) is 6.99. The number of carbonyl (C=O) groups is 1. The van der Waals surface area contributed by atoms with E-state index in [4.69, 9.17) is 4.98 Å². The largest absolute Gasteiger partial charge is 0.338 e. The molecule has 2 aromatic rings. The number of thiophene rings is 1. The first-order valence-corrected chi connectivity index (χ1v) is 11.5. The Kier molecular flexibility index (Phi) is 7.24. The summed E-state index contributed by atoms with van der Waals surface area (Å²) in [4.78, 5) is 23.9. The molecular formula is C23H33N3OS. The van der Waals surface area contributed by atoms with Crippen LogP contribution >= 0.6 is 11.3 Å². The summed E-state index contributed by atoms with van der Waals surface area (Å²) in [5, 5.41) is 0. The lowest BCUT2D eigenvalue weighted by Crippen LogP contribution is -2.29. The van der Waals surface area contributed by atoms with Crippen LogP contribution < -0.4 is 0 Å². The fourth-order valence-corrected chi connectivity index (χ4v) is 5.13. The third-order valence-electron chi connectivity index (χ3n) is 5.71. The van der Waals surface area contributed by atoms with Crippen molar-refractivity contribution in [2.45, 2.75) is 52.4 Å². The van der Waals surface area contributed by atoms with Crippen LogP contribution in [0.3, 0.4) is 0 Å². The number of amides is 1. The summed E-state index contributed by atoms with van der Waals surface area (Å²) in [5.41, 5.74) is 3.42. The van der Waals surface area contributed by atoms with Crippen LogP contribution in [0.25, 0.3) is 10.4 Å². The van der Waals surface area contributed by atoms with Gasteiger partial charge in [0.1, 0.15) is 0 Å². The van der Waals surface area contributed by atoms with Gasteiger partial charge in [-0.1, -0.05) is 19.9 Å². The van der Waals surface area contributed by atoms with E-state index in [2.05, 4.69) is 30.1 Å². The Hall–Kier alpha value is -1.72. The second-order valence-electron chi connectivity index (χ2n) is 7.67.